The zero-order chi connectivity index (χ0) is 19.5. The van der Waals surface area contributed by atoms with Crippen LogP contribution >= 0.6 is 25.3 Å². The van der Waals surface area contributed by atoms with Crippen LogP contribution in [0, 0.1) is 5.92 Å². The molecule has 0 aromatic rings. The number of hydrogen-bond donors (Lipinski definition) is 6. The third kappa shape index (κ3) is 33.3. The number of unbranched alkanes of at least 4 members (excludes halogenated alkanes) is 1. The molecule has 2 atom stereocenters. The summed E-state index contributed by atoms with van der Waals surface area (Å²) >= 11 is 4.10. The molecule has 0 saturated carbocycles. The molecule has 0 aromatic carbocycles. The maximum Gasteiger partial charge on any atom is 0.299 e. The van der Waals surface area contributed by atoms with E-state index in [1.165, 1.54) is 25.7 Å². The molecule has 0 aliphatic heterocycles. The van der Waals surface area contributed by atoms with Crippen LogP contribution < -0.4 is 11.2 Å². The molecule has 11 heteroatoms. The van der Waals surface area contributed by atoms with E-state index in [9.17, 15) is 4.79 Å². The van der Waals surface area contributed by atoms with Gasteiger partial charge in [0.1, 0.15) is 0 Å². The second-order valence-electron chi connectivity index (χ2n) is 4.78. The molecule has 0 rings (SSSR count). The minimum atomic E-state index is -2.61. The lowest BCUT2D eigenvalue weighted by atomic mass is 9.92. The molecule has 2 amide bonds. The number of hydrogen-bond acceptors (Lipinski definition) is 4. The largest absolute Gasteiger partial charge is 0.361 e. The van der Waals surface area contributed by atoms with Gasteiger partial charge < -0.3 is 5.73 Å². The molecule has 0 aromatic heterocycles. The minimum absolute atomic E-state index is 0.109. The molecule has 146 valence electrons. The summed E-state index contributed by atoms with van der Waals surface area (Å²) in [5, 5.41) is -1.07. The van der Waals surface area contributed by atoms with E-state index in [-0.39, 0.29) is 6.10 Å². The lowest BCUT2D eigenvalue weighted by Gasteiger charge is -2.21. The SMILES string of the molecule is CCCCC(CC)CC(CC)ONC(=O)S.NC(=O)S.O=S(O)O. The van der Waals surface area contributed by atoms with Gasteiger partial charge in [-0.15, -0.1) is 0 Å². The molecule has 0 spiro atoms. The van der Waals surface area contributed by atoms with Gasteiger partial charge in [0.15, 0.2) is 0 Å². The number of amides is 2. The van der Waals surface area contributed by atoms with Gasteiger partial charge in [-0.2, -0.15) is 4.21 Å². The van der Waals surface area contributed by atoms with Gasteiger partial charge in [-0.3, -0.25) is 23.5 Å². The predicted octanol–water partition coefficient (Wildman–Crippen LogP) is 3.62. The van der Waals surface area contributed by atoms with E-state index >= 15 is 0 Å². The van der Waals surface area contributed by atoms with Crippen LogP contribution in [-0.4, -0.2) is 29.9 Å². The Bertz CT molecular complexity index is 328. The zero-order valence-corrected chi connectivity index (χ0v) is 16.9. The van der Waals surface area contributed by atoms with Crippen LogP contribution in [0.2, 0.25) is 0 Å². The highest BCUT2D eigenvalue weighted by Gasteiger charge is 2.15. The first-order valence-corrected chi connectivity index (χ1v) is 9.49. The first kappa shape index (κ1) is 28.5. The monoisotopic (exact) mass is 406 g/mol. The summed E-state index contributed by atoms with van der Waals surface area (Å²) in [6, 6.07) is 0. The molecule has 0 fully saturated rings. The Morgan fingerprint density at radius 2 is 1.67 bits per heavy atom. The molecule has 8 nitrogen and oxygen atoms in total. The molecule has 0 saturated heterocycles. The summed E-state index contributed by atoms with van der Waals surface area (Å²) in [5.41, 5.74) is 6.64. The lowest BCUT2D eigenvalue weighted by Crippen LogP contribution is -2.27. The van der Waals surface area contributed by atoms with Crippen LogP contribution in [0.25, 0.3) is 0 Å². The molecule has 24 heavy (non-hydrogen) atoms. The van der Waals surface area contributed by atoms with Gasteiger partial charge in [-0.25, -0.2) is 5.48 Å². The van der Waals surface area contributed by atoms with Crippen LogP contribution in [0.1, 0.15) is 59.3 Å². The summed E-state index contributed by atoms with van der Waals surface area (Å²) in [5.74, 6) is 0.696. The Hall–Kier alpha value is -0.330. The first-order chi connectivity index (χ1) is 11.1. The van der Waals surface area contributed by atoms with E-state index < -0.39 is 21.8 Å². The van der Waals surface area contributed by atoms with Crippen molar-refractivity contribution in [2.24, 2.45) is 11.7 Å². The van der Waals surface area contributed by atoms with Crippen LogP contribution in [0.15, 0.2) is 0 Å². The molecule has 2 unspecified atom stereocenters. The standard InChI is InChI=1S/C12H25NO2S.CH3NOS.H2O3S/c1-4-7-8-10(5-2)9-11(6-3)15-13-12(14)16;2-1(3)4;1-4(2)3/h10-11H,4-9H2,1-3H3,(H2,13,14,16);(H3,2,3,4);(H2,1,2,3). The zero-order valence-electron chi connectivity index (χ0n) is 14.3. The fourth-order valence-corrected chi connectivity index (χ4v) is 1.84. The van der Waals surface area contributed by atoms with Gasteiger partial charge in [0.25, 0.3) is 21.8 Å². The molecule has 0 bridgehead atoms. The van der Waals surface area contributed by atoms with E-state index in [4.69, 9.17) is 22.9 Å². The Labute approximate surface area is 157 Å². The van der Waals surface area contributed by atoms with Crippen molar-refractivity contribution in [1.29, 1.82) is 0 Å². The van der Waals surface area contributed by atoms with Crippen molar-refractivity contribution in [3.05, 3.63) is 0 Å². The quantitative estimate of drug-likeness (QED) is 0.196. The van der Waals surface area contributed by atoms with Crippen molar-refractivity contribution in [1.82, 2.24) is 5.48 Å². The second-order valence-corrected chi connectivity index (χ2v) is 6.08. The Morgan fingerprint density at radius 1 is 1.21 bits per heavy atom. The highest BCUT2D eigenvalue weighted by atomic mass is 32.2. The van der Waals surface area contributed by atoms with Crippen LogP contribution in [0.3, 0.4) is 0 Å². The van der Waals surface area contributed by atoms with E-state index in [0.29, 0.717) is 5.92 Å². The number of thiol groups is 2. The van der Waals surface area contributed by atoms with E-state index in [1.807, 2.05) is 0 Å². The van der Waals surface area contributed by atoms with Gasteiger partial charge in [-0.1, -0.05) is 71.7 Å². The van der Waals surface area contributed by atoms with Crippen molar-refractivity contribution in [2.75, 3.05) is 0 Å². The fraction of sp³-hybridized carbons (Fsp3) is 0.846. The topological polar surface area (TPSA) is 139 Å². The Kier molecular flexibility index (Phi) is 24.6. The summed E-state index contributed by atoms with van der Waals surface area (Å²) in [7, 11) is 0. The van der Waals surface area contributed by atoms with Crippen molar-refractivity contribution in [2.45, 2.75) is 65.4 Å². The van der Waals surface area contributed by atoms with E-state index in [2.05, 4.69) is 57.2 Å². The molecule has 0 radical (unpaired) electrons. The van der Waals surface area contributed by atoms with Crippen LogP contribution in [0.5, 0.6) is 0 Å². The summed E-state index contributed by atoms with van der Waals surface area (Å²) in [4.78, 5) is 25.0. The number of carbonyl (C=O) groups excluding carboxylic acids is 2. The molecular weight excluding hydrogens is 376 g/mol. The molecule has 5 N–H and O–H groups in total. The number of rotatable bonds is 9. The molecule has 0 aliphatic carbocycles. The average molecular weight is 407 g/mol. The fourth-order valence-electron chi connectivity index (χ4n) is 1.79. The average Bonchev–Trinajstić information content (AvgIpc) is 2.45. The van der Waals surface area contributed by atoms with Gasteiger partial charge in [0.05, 0.1) is 6.10 Å². The molecule has 0 aliphatic rings. The summed E-state index contributed by atoms with van der Waals surface area (Å²) < 4.78 is 22.8. The van der Waals surface area contributed by atoms with Crippen molar-refractivity contribution >= 4 is 47.1 Å². The lowest BCUT2D eigenvalue weighted by molar-refractivity contribution is -0.0141. The summed E-state index contributed by atoms with van der Waals surface area (Å²) in [6.45, 7) is 6.49. The van der Waals surface area contributed by atoms with Gasteiger partial charge in [-0.05, 0) is 18.8 Å². The van der Waals surface area contributed by atoms with Gasteiger partial charge >= 0.3 is 0 Å². The minimum Gasteiger partial charge on any atom is -0.361 e. The normalized spacial score (nSPS) is 12.2. The summed E-state index contributed by atoms with van der Waals surface area (Å²) in [6.07, 6.45) is 6.97. The smallest absolute Gasteiger partial charge is 0.299 e. The molecule has 0 heterocycles. The highest BCUT2D eigenvalue weighted by Crippen LogP contribution is 2.20. The highest BCUT2D eigenvalue weighted by molar-refractivity contribution is 7.96. The maximum atomic E-state index is 10.6. The first-order valence-electron chi connectivity index (χ1n) is 7.53. The van der Waals surface area contributed by atoms with E-state index in [1.54, 1.807) is 0 Å². The third-order valence-corrected chi connectivity index (χ3v) is 3.00. The molecular formula is C13H30N2O6S3. The van der Waals surface area contributed by atoms with Gasteiger partial charge in [0, 0.05) is 0 Å². The number of primary amides is 1. The number of hydroxylamine groups is 1. The number of carbonyl (C=O) groups is 2. The van der Waals surface area contributed by atoms with Crippen molar-refractivity contribution in [3.8, 4) is 0 Å². The number of nitrogens with two attached hydrogens (primary N) is 1. The second kappa shape index (κ2) is 20.7. The Morgan fingerprint density at radius 3 is 1.96 bits per heavy atom. The van der Waals surface area contributed by atoms with Crippen molar-refractivity contribution < 1.29 is 27.7 Å². The third-order valence-electron chi connectivity index (χ3n) is 2.91. The number of nitrogens with one attached hydrogen (secondary N) is 1. The van der Waals surface area contributed by atoms with Crippen LogP contribution in [0.4, 0.5) is 9.59 Å². The van der Waals surface area contributed by atoms with Crippen LogP contribution in [-0.2, 0) is 16.2 Å². The Balaban J connectivity index is -0.000000457. The van der Waals surface area contributed by atoms with Crippen molar-refractivity contribution in [3.63, 3.8) is 0 Å². The predicted molar refractivity (Wildman–Crippen MR) is 103 cm³/mol. The maximum absolute atomic E-state index is 10.6. The van der Waals surface area contributed by atoms with E-state index in [0.717, 1.165) is 12.8 Å². The van der Waals surface area contributed by atoms with Gasteiger partial charge in [0.2, 0.25) is 0 Å².